The Balaban J connectivity index is 1.17. The second-order valence-electron chi connectivity index (χ2n) is 15.3. The van der Waals surface area contributed by atoms with Gasteiger partial charge in [0.2, 0.25) is 0 Å². The molecular formula is C46H42N4OPt. The molecule has 0 spiro atoms. The quantitative estimate of drug-likeness (QED) is 0.173. The van der Waals surface area contributed by atoms with Crippen molar-refractivity contribution in [2.75, 3.05) is 0 Å². The number of aryl methyl sites for hydroxylation is 1. The second-order valence-corrected chi connectivity index (χ2v) is 16.3. The number of nitrogens with zero attached hydrogens (tertiary/aromatic N) is 4. The second kappa shape index (κ2) is 12.6. The molecule has 0 saturated carbocycles. The van der Waals surface area contributed by atoms with E-state index in [9.17, 15) is 0 Å². The van der Waals surface area contributed by atoms with Crippen LogP contribution >= 0.6 is 0 Å². The number of hydrogen-bond donors (Lipinski definition) is 0. The molecule has 5 nitrogen and oxygen atoms in total. The number of para-hydroxylation sites is 2. The molecule has 2 unspecified atom stereocenters. The predicted molar refractivity (Wildman–Crippen MR) is 209 cm³/mol. The summed E-state index contributed by atoms with van der Waals surface area (Å²) in [5.41, 5.74) is 11.1. The molecule has 0 radical (unpaired) electrons. The third kappa shape index (κ3) is 5.49. The standard InChI is InChI=1S/C46H42N4O.Pt/c1-30-15-21-40(49-29-48(5)42-13-9-10-14-43(42)49)39-27-34(17-19-36(30)39)51-35-18-20-37-38-25-32(31-11-7-6-8-12-31)16-22-41(38)50(44(37)28-35)45-26-33(23-24-47-45)46(2,3)4;/h6-14,16-20,22-28,30,40H,15,21H2,1-5H3;. The Bertz CT molecular complexity index is 2710. The van der Waals surface area contributed by atoms with Crippen LogP contribution in [-0.2, 0) is 31.8 Å². The zero-order valence-electron chi connectivity index (χ0n) is 30.2. The van der Waals surface area contributed by atoms with Crippen molar-refractivity contribution < 1.29 is 24.1 Å². The Morgan fingerprint density at radius 2 is 1.42 bits per heavy atom. The van der Waals surface area contributed by atoms with Gasteiger partial charge in [0.25, 0.3) is 0 Å². The van der Waals surface area contributed by atoms with Gasteiger partial charge in [0.1, 0.15) is 0 Å². The summed E-state index contributed by atoms with van der Waals surface area (Å²) < 4.78 is 15.2. The molecule has 8 aromatic rings. The molecule has 0 N–H and O–H groups in total. The fraction of sp³-hybridized carbons (Fsp3) is 0.217. The van der Waals surface area contributed by atoms with E-state index in [0.717, 1.165) is 41.2 Å². The SMILES string of the molecule is CC1CCC(n2[c](=[Pt])n(C)c3ccccc32)c2cc(Oc3ccc4c5cc(-c6ccccc6)ccc5n(-c5cc(C(C)(C)C)ccn5)c4c3)ccc21. The number of benzene rings is 5. The van der Waals surface area contributed by atoms with Crippen molar-refractivity contribution in [2.45, 2.75) is 57.9 Å². The van der Waals surface area contributed by atoms with Crippen LogP contribution in [-0.4, -0.2) is 18.7 Å². The Labute approximate surface area is 315 Å². The zero-order chi connectivity index (χ0) is 35.7. The molecule has 2 atom stereocenters. The van der Waals surface area contributed by atoms with Gasteiger partial charge in [-0.15, -0.1) is 0 Å². The van der Waals surface area contributed by atoms with Crippen LogP contribution in [0.15, 0.2) is 128 Å². The van der Waals surface area contributed by atoms with Crippen LogP contribution in [0.25, 0.3) is 49.8 Å². The van der Waals surface area contributed by atoms with E-state index in [-0.39, 0.29) is 11.5 Å². The molecule has 3 aromatic heterocycles. The predicted octanol–water partition coefficient (Wildman–Crippen LogP) is 11.8. The topological polar surface area (TPSA) is 36.9 Å². The molecule has 5 aromatic carbocycles. The van der Waals surface area contributed by atoms with Gasteiger partial charge in [-0.1, -0.05) is 57.2 Å². The van der Waals surface area contributed by atoms with E-state index in [1.165, 1.54) is 53.4 Å². The molecule has 3 heterocycles. The first-order valence-corrected chi connectivity index (χ1v) is 19.3. The first-order chi connectivity index (χ1) is 25.2. The fourth-order valence-electron chi connectivity index (χ4n) is 8.19. The summed E-state index contributed by atoms with van der Waals surface area (Å²) >= 11 is 2.49. The van der Waals surface area contributed by atoms with Crippen LogP contribution in [0.1, 0.15) is 69.2 Å². The van der Waals surface area contributed by atoms with Gasteiger partial charge in [-0.05, 0) is 46.4 Å². The van der Waals surface area contributed by atoms with E-state index in [2.05, 4.69) is 189 Å². The summed E-state index contributed by atoms with van der Waals surface area (Å²) in [7, 11) is 2.17. The fourth-order valence-corrected chi connectivity index (χ4v) is 9.09. The summed E-state index contributed by atoms with van der Waals surface area (Å²) in [6.07, 6.45) is 4.18. The minimum atomic E-state index is -0.00453. The number of hydrogen-bond acceptors (Lipinski definition) is 2. The Morgan fingerprint density at radius 1 is 0.673 bits per heavy atom. The Kier molecular flexibility index (Phi) is 7.97. The number of fused-ring (bicyclic) bond motifs is 5. The van der Waals surface area contributed by atoms with Gasteiger partial charge in [-0.3, -0.25) is 0 Å². The summed E-state index contributed by atoms with van der Waals surface area (Å²) in [4.78, 5) is 4.93. The van der Waals surface area contributed by atoms with E-state index < -0.39 is 0 Å². The summed E-state index contributed by atoms with van der Waals surface area (Å²) in [6.45, 7) is 9.10. The average Bonchev–Trinajstić information content (AvgIpc) is 3.61. The molecule has 6 heteroatoms. The van der Waals surface area contributed by atoms with Crippen LogP contribution in [0.4, 0.5) is 0 Å². The van der Waals surface area contributed by atoms with E-state index in [0.29, 0.717) is 5.92 Å². The van der Waals surface area contributed by atoms with Crippen molar-refractivity contribution in [3.63, 3.8) is 0 Å². The number of rotatable bonds is 5. The summed E-state index contributed by atoms with van der Waals surface area (Å²) in [6, 6.07) is 43.9. The molecule has 0 fully saturated rings. The van der Waals surface area contributed by atoms with Gasteiger partial charge in [0.05, 0.1) is 0 Å². The molecule has 262 valence electrons. The molecule has 0 saturated heterocycles. The van der Waals surface area contributed by atoms with Crippen LogP contribution in [0.5, 0.6) is 11.5 Å². The minimum absolute atomic E-state index is 0.00453. The van der Waals surface area contributed by atoms with E-state index >= 15 is 0 Å². The van der Waals surface area contributed by atoms with E-state index in [4.69, 9.17) is 9.72 Å². The molecule has 1 aliphatic rings. The third-order valence-electron chi connectivity index (χ3n) is 11.0. The van der Waals surface area contributed by atoms with Crippen LogP contribution in [0, 0.1) is 3.80 Å². The van der Waals surface area contributed by atoms with Gasteiger partial charge in [-0.2, -0.15) is 0 Å². The zero-order valence-corrected chi connectivity index (χ0v) is 32.5. The molecule has 0 amide bonds. The summed E-state index contributed by atoms with van der Waals surface area (Å²) in [5, 5.41) is 2.36. The molecule has 0 bridgehead atoms. The average molecular weight is 862 g/mol. The number of ether oxygens (including phenoxy) is 1. The van der Waals surface area contributed by atoms with Gasteiger partial charge in [-0.25, -0.2) is 4.98 Å². The molecule has 52 heavy (non-hydrogen) atoms. The third-order valence-corrected chi connectivity index (χ3v) is 12.3. The van der Waals surface area contributed by atoms with Gasteiger partial charge < -0.3 is 0 Å². The van der Waals surface area contributed by atoms with Crippen LogP contribution in [0.2, 0.25) is 0 Å². The van der Waals surface area contributed by atoms with Crippen molar-refractivity contribution in [2.24, 2.45) is 7.05 Å². The molecular weight excluding hydrogens is 820 g/mol. The number of aromatic nitrogens is 4. The van der Waals surface area contributed by atoms with Crippen molar-refractivity contribution in [1.82, 2.24) is 18.7 Å². The van der Waals surface area contributed by atoms with Gasteiger partial charge in [0.15, 0.2) is 0 Å². The molecule has 1 aliphatic carbocycles. The number of imidazole rings is 1. The normalized spacial score (nSPS) is 16.1. The van der Waals surface area contributed by atoms with E-state index in [1.54, 1.807) is 0 Å². The van der Waals surface area contributed by atoms with Crippen LogP contribution in [0.3, 0.4) is 0 Å². The Hall–Kier alpha value is -4.99. The molecule has 0 aliphatic heterocycles. The summed E-state index contributed by atoms with van der Waals surface area (Å²) in [5.74, 6) is 3.07. The maximum atomic E-state index is 6.80. The van der Waals surface area contributed by atoms with E-state index in [1.807, 2.05) is 6.20 Å². The van der Waals surface area contributed by atoms with Crippen LogP contribution < -0.4 is 4.74 Å². The van der Waals surface area contributed by atoms with Gasteiger partial charge >= 0.3 is 202 Å². The maximum absolute atomic E-state index is 6.80. The van der Waals surface area contributed by atoms with Crippen molar-refractivity contribution in [1.29, 1.82) is 0 Å². The first kappa shape index (κ1) is 32.9. The first-order valence-electron chi connectivity index (χ1n) is 18.2. The van der Waals surface area contributed by atoms with Gasteiger partial charge in [0, 0.05) is 6.20 Å². The number of pyridine rings is 1. The molecule has 9 rings (SSSR count). The monoisotopic (exact) mass is 861 g/mol. The van der Waals surface area contributed by atoms with Crippen molar-refractivity contribution in [3.05, 3.63) is 148 Å². The Morgan fingerprint density at radius 3 is 2.23 bits per heavy atom. The van der Waals surface area contributed by atoms with Crippen molar-refractivity contribution >= 4 is 32.8 Å². The van der Waals surface area contributed by atoms with Crippen molar-refractivity contribution in [3.8, 4) is 28.4 Å².